The molecular weight excluding hydrogens is 360 g/mol. The Hall–Kier alpha value is -0.410. The van der Waals surface area contributed by atoms with Crippen molar-refractivity contribution in [3.63, 3.8) is 0 Å². The Bertz CT molecular complexity index is 619. The van der Waals surface area contributed by atoms with Crippen molar-refractivity contribution >= 4 is 6.29 Å². The van der Waals surface area contributed by atoms with Crippen molar-refractivity contribution in [3.05, 3.63) is 0 Å². The maximum absolute atomic E-state index is 11.6. The molecule has 4 fully saturated rings. The zero-order valence-corrected chi connectivity index (χ0v) is 19.3. The molecular formula is C26H44O3. The molecule has 12 atom stereocenters. The van der Waals surface area contributed by atoms with Crippen LogP contribution in [0.25, 0.3) is 0 Å². The summed E-state index contributed by atoms with van der Waals surface area (Å²) < 4.78 is 0. The second-order valence-electron chi connectivity index (χ2n) is 12.2. The minimum Gasteiger partial charge on any atom is -0.393 e. The van der Waals surface area contributed by atoms with Crippen LogP contribution in [-0.2, 0) is 4.79 Å². The van der Waals surface area contributed by atoms with E-state index in [1.54, 1.807) is 0 Å². The fourth-order valence-electron chi connectivity index (χ4n) is 9.43. The van der Waals surface area contributed by atoms with E-state index in [-0.39, 0.29) is 29.5 Å². The lowest BCUT2D eigenvalue weighted by Crippen LogP contribution is -2.61. The van der Waals surface area contributed by atoms with E-state index in [4.69, 9.17) is 0 Å². The van der Waals surface area contributed by atoms with Crippen molar-refractivity contribution in [2.75, 3.05) is 0 Å². The third-order valence-corrected chi connectivity index (χ3v) is 10.9. The smallest absolute Gasteiger partial charge is 0.122 e. The summed E-state index contributed by atoms with van der Waals surface area (Å²) in [6.07, 6.45) is 9.66. The number of rotatable bonds is 4. The average Bonchev–Trinajstić information content (AvgIpc) is 3.04. The monoisotopic (exact) mass is 404 g/mol. The Morgan fingerprint density at radius 3 is 2.31 bits per heavy atom. The molecule has 3 nitrogen and oxygen atoms in total. The molecule has 0 aliphatic heterocycles. The molecule has 29 heavy (non-hydrogen) atoms. The van der Waals surface area contributed by atoms with E-state index in [1.807, 2.05) is 0 Å². The average molecular weight is 405 g/mol. The van der Waals surface area contributed by atoms with Gasteiger partial charge in [-0.05, 0) is 104 Å². The number of aldehydes is 1. The van der Waals surface area contributed by atoms with Crippen LogP contribution in [0.5, 0.6) is 0 Å². The van der Waals surface area contributed by atoms with Gasteiger partial charge < -0.3 is 15.0 Å². The molecule has 0 heterocycles. The van der Waals surface area contributed by atoms with Gasteiger partial charge in [0.05, 0.1) is 12.2 Å². The molecule has 5 unspecified atom stereocenters. The molecule has 0 radical (unpaired) electrons. The quantitative estimate of drug-likeness (QED) is 0.642. The second-order valence-corrected chi connectivity index (χ2v) is 12.2. The molecule has 4 aliphatic carbocycles. The lowest BCUT2D eigenvalue weighted by molar-refractivity contribution is -0.199. The first-order valence-electron chi connectivity index (χ1n) is 12.4. The van der Waals surface area contributed by atoms with Gasteiger partial charge in [-0.15, -0.1) is 0 Å². The van der Waals surface area contributed by atoms with Crippen molar-refractivity contribution in [1.82, 2.24) is 0 Å². The summed E-state index contributed by atoms with van der Waals surface area (Å²) in [6, 6.07) is 0. The molecule has 3 heteroatoms. The lowest BCUT2D eigenvalue weighted by atomic mass is 9.42. The summed E-state index contributed by atoms with van der Waals surface area (Å²) in [5, 5.41) is 21.9. The number of hydrogen-bond acceptors (Lipinski definition) is 3. The van der Waals surface area contributed by atoms with Crippen LogP contribution in [0.4, 0.5) is 0 Å². The van der Waals surface area contributed by atoms with Gasteiger partial charge in [0.15, 0.2) is 0 Å². The van der Waals surface area contributed by atoms with Gasteiger partial charge in [-0.25, -0.2) is 0 Å². The third kappa shape index (κ3) is 3.25. The number of aliphatic hydroxyl groups is 2. The fraction of sp³-hybridized carbons (Fsp3) is 0.962. The molecule has 0 aromatic rings. The minimum absolute atomic E-state index is 0.151. The van der Waals surface area contributed by atoms with Crippen molar-refractivity contribution in [2.24, 2.45) is 58.2 Å². The Balaban J connectivity index is 1.61. The summed E-state index contributed by atoms with van der Waals surface area (Å²) in [7, 11) is 0. The first kappa shape index (κ1) is 21.8. The molecule has 0 aromatic carbocycles. The first-order chi connectivity index (χ1) is 13.6. The van der Waals surface area contributed by atoms with E-state index in [1.165, 1.54) is 25.7 Å². The van der Waals surface area contributed by atoms with Crippen molar-refractivity contribution in [2.45, 2.75) is 98.2 Å². The zero-order valence-electron chi connectivity index (χ0n) is 19.3. The van der Waals surface area contributed by atoms with Gasteiger partial charge in [-0.1, -0.05) is 34.6 Å². The highest BCUT2D eigenvalue weighted by atomic mass is 16.3. The molecule has 0 aromatic heterocycles. The third-order valence-electron chi connectivity index (χ3n) is 10.9. The van der Waals surface area contributed by atoms with Crippen LogP contribution < -0.4 is 0 Å². The molecule has 2 N–H and O–H groups in total. The maximum Gasteiger partial charge on any atom is 0.122 e. The number of hydrogen-bond donors (Lipinski definition) is 2. The van der Waals surface area contributed by atoms with E-state index in [2.05, 4.69) is 34.6 Å². The zero-order chi connectivity index (χ0) is 21.1. The van der Waals surface area contributed by atoms with E-state index in [9.17, 15) is 15.0 Å². The van der Waals surface area contributed by atoms with Crippen molar-refractivity contribution in [3.8, 4) is 0 Å². The van der Waals surface area contributed by atoms with Crippen LogP contribution in [0.3, 0.4) is 0 Å². The summed E-state index contributed by atoms with van der Waals surface area (Å²) in [6.45, 7) is 11.7. The molecule has 4 aliphatic rings. The topological polar surface area (TPSA) is 57.5 Å². The standard InChI is InChI=1S/C26H44O3/c1-15(14-27)12-16(2)19-6-7-20-23-21(9-11-25(19,20)4)26(5)10-8-18(28)13-22(26)17(3)24(23)29/h14-24,28-29H,6-13H2,1-5H3/t15?,16-,17-,18-,19-,20?,21?,22?,23?,24+,25-,26-/m1/s1. The van der Waals surface area contributed by atoms with Crippen LogP contribution in [0.15, 0.2) is 0 Å². The fourth-order valence-corrected chi connectivity index (χ4v) is 9.43. The van der Waals surface area contributed by atoms with Gasteiger partial charge in [-0.3, -0.25) is 0 Å². The maximum atomic E-state index is 11.6. The van der Waals surface area contributed by atoms with Crippen LogP contribution >= 0.6 is 0 Å². The van der Waals surface area contributed by atoms with E-state index in [0.717, 1.165) is 32.0 Å². The lowest BCUT2D eigenvalue weighted by Gasteiger charge is -2.64. The van der Waals surface area contributed by atoms with Gasteiger partial charge in [0.2, 0.25) is 0 Å². The van der Waals surface area contributed by atoms with E-state index < -0.39 is 0 Å². The highest BCUT2D eigenvalue weighted by molar-refractivity contribution is 5.52. The predicted octanol–water partition coefficient (Wildman–Crippen LogP) is 5.08. The van der Waals surface area contributed by atoms with Crippen molar-refractivity contribution in [1.29, 1.82) is 0 Å². The Morgan fingerprint density at radius 1 is 0.966 bits per heavy atom. The molecule has 0 spiro atoms. The Kier molecular flexibility index (Phi) is 5.73. The second kappa shape index (κ2) is 7.62. The molecule has 4 rings (SSSR count). The van der Waals surface area contributed by atoms with E-state index in [0.29, 0.717) is 40.9 Å². The summed E-state index contributed by atoms with van der Waals surface area (Å²) in [5.41, 5.74) is 0.584. The largest absolute Gasteiger partial charge is 0.393 e. The normalized spacial score (nSPS) is 54.0. The summed E-state index contributed by atoms with van der Waals surface area (Å²) in [5.74, 6) is 3.78. The van der Waals surface area contributed by atoms with Crippen LogP contribution in [0.2, 0.25) is 0 Å². The first-order valence-corrected chi connectivity index (χ1v) is 12.4. The summed E-state index contributed by atoms with van der Waals surface area (Å²) >= 11 is 0. The number of carbonyl (C=O) groups excluding carboxylic acids is 1. The summed E-state index contributed by atoms with van der Waals surface area (Å²) in [4.78, 5) is 11.2. The highest BCUT2D eigenvalue weighted by Gasteiger charge is 2.64. The Labute approximate surface area is 178 Å². The SMILES string of the molecule is CC(C=O)C[C@@H](C)[C@H]1CCC2C3C(CC[C@@]21C)[C@@]1(C)CC[C@@H](O)CC1[C@@H](C)[C@@H]3O. The van der Waals surface area contributed by atoms with Gasteiger partial charge in [-0.2, -0.15) is 0 Å². The van der Waals surface area contributed by atoms with Crippen LogP contribution in [0, 0.1) is 58.2 Å². The van der Waals surface area contributed by atoms with E-state index >= 15 is 0 Å². The predicted molar refractivity (Wildman–Crippen MR) is 116 cm³/mol. The molecule has 0 saturated heterocycles. The molecule has 0 bridgehead atoms. The number of aliphatic hydroxyl groups excluding tert-OH is 2. The van der Waals surface area contributed by atoms with Gasteiger partial charge in [0.25, 0.3) is 0 Å². The minimum atomic E-state index is -0.226. The van der Waals surface area contributed by atoms with Gasteiger partial charge in [0, 0.05) is 5.92 Å². The molecule has 0 amide bonds. The number of carbonyl (C=O) groups is 1. The Morgan fingerprint density at radius 2 is 1.62 bits per heavy atom. The van der Waals surface area contributed by atoms with Gasteiger partial charge >= 0.3 is 0 Å². The van der Waals surface area contributed by atoms with Crippen LogP contribution in [-0.4, -0.2) is 28.7 Å². The number of fused-ring (bicyclic) bond motifs is 5. The highest BCUT2D eigenvalue weighted by Crippen LogP contribution is 2.69. The van der Waals surface area contributed by atoms with Crippen molar-refractivity contribution < 1.29 is 15.0 Å². The molecule has 4 saturated carbocycles. The van der Waals surface area contributed by atoms with Gasteiger partial charge in [0.1, 0.15) is 6.29 Å². The molecule has 166 valence electrons. The van der Waals surface area contributed by atoms with Crippen LogP contribution in [0.1, 0.15) is 86.0 Å².